The van der Waals surface area contributed by atoms with Gasteiger partial charge in [-0.1, -0.05) is 12.1 Å². The molecule has 1 saturated carbocycles. The van der Waals surface area contributed by atoms with Crippen LogP contribution in [-0.4, -0.2) is 29.8 Å². The number of carbonyl (C=O) groups is 1. The lowest BCUT2D eigenvalue weighted by Crippen LogP contribution is -2.37. The fourth-order valence-electron chi connectivity index (χ4n) is 1.87. The van der Waals surface area contributed by atoms with Gasteiger partial charge in [0.05, 0.1) is 13.2 Å². The van der Waals surface area contributed by atoms with Crippen molar-refractivity contribution in [2.24, 2.45) is 0 Å². The summed E-state index contributed by atoms with van der Waals surface area (Å²) in [6.45, 7) is 3.90. The van der Waals surface area contributed by atoms with Crippen molar-refractivity contribution in [2.75, 3.05) is 6.61 Å². The van der Waals surface area contributed by atoms with E-state index >= 15 is 0 Å². The van der Waals surface area contributed by atoms with Crippen LogP contribution in [0.1, 0.15) is 32.3 Å². The molecule has 2 N–H and O–H groups in total. The van der Waals surface area contributed by atoms with Crippen LogP contribution in [0, 0.1) is 0 Å². The Morgan fingerprint density at radius 2 is 2.25 bits per heavy atom. The summed E-state index contributed by atoms with van der Waals surface area (Å²) in [5, 5.41) is 12.3. The SMILES string of the molecule is CCOc1cccc(CO)c1OC(C)C(=O)NC1CC1. The average Bonchev–Trinajstić information content (AvgIpc) is 3.24. The third-order valence-electron chi connectivity index (χ3n) is 3.12. The second-order valence-corrected chi connectivity index (χ2v) is 4.88. The van der Waals surface area contributed by atoms with Gasteiger partial charge in [-0.15, -0.1) is 0 Å². The minimum atomic E-state index is -0.623. The third-order valence-corrected chi connectivity index (χ3v) is 3.12. The minimum Gasteiger partial charge on any atom is -0.490 e. The number of amides is 1. The Hall–Kier alpha value is -1.75. The van der Waals surface area contributed by atoms with Gasteiger partial charge in [0.15, 0.2) is 17.6 Å². The average molecular weight is 279 g/mol. The first kappa shape index (κ1) is 14.7. The zero-order valence-electron chi connectivity index (χ0n) is 11.9. The maximum absolute atomic E-state index is 11.9. The highest BCUT2D eigenvalue weighted by molar-refractivity contribution is 5.81. The van der Waals surface area contributed by atoms with Crippen LogP contribution in [0.15, 0.2) is 18.2 Å². The predicted octanol–water partition coefficient (Wildman–Crippen LogP) is 1.62. The van der Waals surface area contributed by atoms with Crippen molar-refractivity contribution < 1.29 is 19.4 Å². The second-order valence-electron chi connectivity index (χ2n) is 4.88. The molecule has 0 bridgehead atoms. The van der Waals surface area contributed by atoms with Crippen LogP contribution in [-0.2, 0) is 11.4 Å². The van der Waals surface area contributed by atoms with E-state index in [1.54, 1.807) is 25.1 Å². The van der Waals surface area contributed by atoms with E-state index in [1.165, 1.54) is 0 Å². The molecule has 1 atom stereocenters. The van der Waals surface area contributed by atoms with Gasteiger partial charge in [-0.05, 0) is 32.8 Å². The van der Waals surface area contributed by atoms with Crippen LogP contribution in [0.2, 0.25) is 0 Å². The quantitative estimate of drug-likeness (QED) is 0.796. The van der Waals surface area contributed by atoms with Crippen molar-refractivity contribution in [3.05, 3.63) is 23.8 Å². The second kappa shape index (κ2) is 6.61. The Morgan fingerprint density at radius 1 is 1.50 bits per heavy atom. The fourth-order valence-corrected chi connectivity index (χ4v) is 1.87. The van der Waals surface area contributed by atoms with Crippen LogP contribution in [0.4, 0.5) is 0 Å². The summed E-state index contributed by atoms with van der Waals surface area (Å²) < 4.78 is 11.2. The number of carbonyl (C=O) groups excluding carboxylic acids is 1. The molecule has 1 aromatic carbocycles. The van der Waals surface area contributed by atoms with Crippen LogP contribution >= 0.6 is 0 Å². The number of ether oxygens (including phenoxy) is 2. The molecule has 0 spiro atoms. The van der Waals surface area contributed by atoms with Gasteiger partial charge in [-0.2, -0.15) is 0 Å². The van der Waals surface area contributed by atoms with E-state index in [0.29, 0.717) is 29.7 Å². The number of rotatable bonds is 7. The Labute approximate surface area is 118 Å². The smallest absolute Gasteiger partial charge is 0.260 e. The molecule has 0 aromatic heterocycles. The Bertz CT molecular complexity index is 471. The van der Waals surface area contributed by atoms with Gasteiger partial charge < -0.3 is 19.9 Å². The van der Waals surface area contributed by atoms with Gasteiger partial charge in [0.25, 0.3) is 5.91 Å². The summed E-state index contributed by atoms with van der Waals surface area (Å²) in [7, 11) is 0. The van der Waals surface area contributed by atoms with Crippen LogP contribution < -0.4 is 14.8 Å². The molecule has 5 heteroatoms. The lowest BCUT2D eigenvalue weighted by Gasteiger charge is -2.19. The monoisotopic (exact) mass is 279 g/mol. The summed E-state index contributed by atoms with van der Waals surface area (Å²) >= 11 is 0. The molecule has 110 valence electrons. The number of para-hydroxylation sites is 1. The molecule has 0 heterocycles. The number of hydrogen-bond acceptors (Lipinski definition) is 4. The molecular weight excluding hydrogens is 258 g/mol. The number of aliphatic hydroxyl groups excluding tert-OH is 1. The molecule has 1 aromatic rings. The molecule has 0 aliphatic heterocycles. The largest absolute Gasteiger partial charge is 0.490 e. The maximum Gasteiger partial charge on any atom is 0.260 e. The number of nitrogens with one attached hydrogen (secondary N) is 1. The van der Waals surface area contributed by atoms with Gasteiger partial charge >= 0.3 is 0 Å². The van der Waals surface area contributed by atoms with Crippen LogP contribution in [0.3, 0.4) is 0 Å². The third kappa shape index (κ3) is 3.63. The molecule has 1 aliphatic rings. The summed E-state index contributed by atoms with van der Waals surface area (Å²) in [6.07, 6.45) is 1.45. The highest BCUT2D eigenvalue weighted by atomic mass is 16.5. The zero-order valence-corrected chi connectivity index (χ0v) is 11.9. The summed E-state index contributed by atoms with van der Waals surface area (Å²) in [5.41, 5.74) is 0.613. The molecule has 1 amide bonds. The molecule has 1 aliphatic carbocycles. The van der Waals surface area contributed by atoms with E-state index in [4.69, 9.17) is 9.47 Å². The van der Waals surface area contributed by atoms with Crippen LogP contribution in [0.5, 0.6) is 11.5 Å². The van der Waals surface area contributed by atoms with E-state index < -0.39 is 6.10 Å². The van der Waals surface area contributed by atoms with Gasteiger partial charge in [-0.25, -0.2) is 0 Å². The fraction of sp³-hybridized carbons (Fsp3) is 0.533. The van der Waals surface area contributed by atoms with Crippen molar-refractivity contribution in [2.45, 2.75) is 45.4 Å². The first-order valence-electron chi connectivity index (χ1n) is 6.98. The van der Waals surface area contributed by atoms with Crippen molar-refractivity contribution in [3.63, 3.8) is 0 Å². The van der Waals surface area contributed by atoms with E-state index in [0.717, 1.165) is 12.8 Å². The van der Waals surface area contributed by atoms with Crippen molar-refractivity contribution in [3.8, 4) is 11.5 Å². The number of aliphatic hydroxyl groups is 1. The highest BCUT2D eigenvalue weighted by Crippen LogP contribution is 2.32. The first-order chi connectivity index (χ1) is 9.65. The minimum absolute atomic E-state index is 0.136. The summed E-state index contributed by atoms with van der Waals surface area (Å²) in [4.78, 5) is 11.9. The molecule has 5 nitrogen and oxygen atoms in total. The molecule has 0 radical (unpaired) electrons. The van der Waals surface area contributed by atoms with Crippen molar-refractivity contribution in [1.29, 1.82) is 0 Å². The van der Waals surface area contributed by atoms with E-state index in [9.17, 15) is 9.90 Å². The lowest BCUT2D eigenvalue weighted by atomic mass is 10.2. The maximum atomic E-state index is 11.9. The van der Waals surface area contributed by atoms with E-state index in [-0.39, 0.29) is 12.5 Å². The topological polar surface area (TPSA) is 67.8 Å². The standard InChI is InChI=1S/C15H21NO4/c1-3-19-13-6-4-5-11(9-17)14(13)20-10(2)15(18)16-12-7-8-12/h4-6,10,12,17H,3,7-9H2,1-2H3,(H,16,18). The highest BCUT2D eigenvalue weighted by Gasteiger charge is 2.27. The Kier molecular flexibility index (Phi) is 4.84. The Balaban J connectivity index is 2.10. The molecule has 20 heavy (non-hydrogen) atoms. The number of benzene rings is 1. The zero-order chi connectivity index (χ0) is 14.5. The molecule has 0 saturated heterocycles. The summed E-state index contributed by atoms with van der Waals surface area (Å²) in [6, 6.07) is 5.61. The van der Waals surface area contributed by atoms with Gasteiger partial charge in [0.2, 0.25) is 0 Å². The van der Waals surface area contributed by atoms with Gasteiger partial charge in [-0.3, -0.25) is 4.79 Å². The van der Waals surface area contributed by atoms with Gasteiger partial charge in [0.1, 0.15) is 0 Å². The lowest BCUT2D eigenvalue weighted by molar-refractivity contribution is -0.127. The molecule has 1 fully saturated rings. The predicted molar refractivity (Wildman–Crippen MR) is 74.8 cm³/mol. The molecular formula is C15H21NO4. The van der Waals surface area contributed by atoms with E-state index in [1.807, 2.05) is 6.92 Å². The summed E-state index contributed by atoms with van der Waals surface area (Å²) in [5.74, 6) is 0.850. The van der Waals surface area contributed by atoms with Crippen molar-refractivity contribution >= 4 is 5.91 Å². The van der Waals surface area contributed by atoms with Gasteiger partial charge in [0, 0.05) is 11.6 Å². The number of hydrogen-bond donors (Lipinski definition) is 2. The molecule has 2 rings (SSSR count). The van der Waals surface area contributed by atoms with E-state index in [2.05, 4.69) is 5.32 Å². The Morgan fingerprint density at radius 3 is 2.85 bits per heavy atom. The normalized spacial score (nSPS) is 15.6. The van der Waals surface area contributed by atoms with Crippen LogP contribution in [0.25, 0.3) is 0 Å². The molecule has 1 unspecified atom stereocenters. The first-order valence-corrected chi connectivity index (χ1v) is 6.98. The van der Waals surface area contributed by atoms with Crippen molar-refractivity contribution in [1.82, 2.24) is 5.32 Å².